The van der Waals surface area contributed by atoms with Gasteiger partial charge in [0.05, 0.1) is 5.69 Å². The summed E-state index contributed by atoms with van der Waals surface area (Å²) in [5.41, 5.74) is 2.30. The third kappa shape index (κ3) is 2.88. The molecule has 5 heteroatoms. The molecule has 0 radical (unpaired) electrons. The summed E-state index contributed by atoms with van der Waals surface area (Å²) < 4.78 is 0. The number of nitrogens with one attached hydrogen (secondary N) is 3. The lowest BCUT2D eigenvalue weighted by atomic mass is 10.1. The van der Waals surface area contributed by atoms with E-state index in [1.807, 2.05) is 30.3 Å². The Morgan fingerprint density at radius 3 is 2.83 bits per heavy atom. The SMILES string of the molecule is CNc1c[nH]nc1C(=O)NCCc1ccccc1. The van der Waals surface area contributed by atoms with Crippen molar-refractivity contribution in [3.63, 3.8) is 0 Å². The average Bonchev–Trinajstić information content (AvgIpc) is 2.88. The van der Waals surface area contributed by atoms with E-state index in [-0.39, 0.29) is 5.91 Å². The Kier molecular flexibility index (Phi) is 3.96. The molecule has 2 rings (SSSR count). The predicted octanol–water partition coefficient (Wildman–Crippen LogP) is 1.42. The van der Waals surface area contributed by atoms with Crippen LogP contribution in [0.4, 0.5) is 5.69 Å². The molecule has 1 aromatic carbocycles. The molecule has 0 bridgehead atoms. The molecule has 1 heterocycles. The number of H-pyrrole nitrogens is 1. The normalized spacial score (nSPS) is 10.1. The zero-order valence-corrected chi connectivity index (χ0v) is 10.2. The number of aromatic nitrogens is 2. The van der Waals surface area contributed by atoms with E-state index >= 15 is 0 Å². The lowest BCUT2D eigenvalue weighted by molar-refractivity contribution is 0.0950. The van der Waals surface area contributed by atoms with Crippen molar-refractivity contribution in [3.05, 3.63) is 47.8 Å². The van der Waals surface area contributed by atoms with Crippen LogP contribution in [0.3, 0.4) is 0 Å². The van der Waals surface area contributed by atoms with E-state index in [0.29, 0.717) is 17.9 Å². The molecule has 0 fully saturated rings. The molecule has 0 spiro atoms. The van der Waals surface area contributed by atoms with Gasteiger partial charge in [-0.15, -0.1) is 0 Å². The quantitative estimate of drug-likeness (QED) is 0.745. The highest BCUT2D eigenvalue weighted by Gasteiger charge is 2.12. The molecule has 0 unspecified atom stereocenters. The van der Waals surface area contributed by atoms with Gasteiger partial charge in [0.25, 0.3) is 5.91 Å². The zero-order valence-electron chi connectivity index (χ0n) is 10.2. The molecule has 5 nitrogen and oxygen atoms in total. The number of hydrogen-bond acceptors (Lipinski definition) is 3. The standard InChI is InChI=1S/C13H16N4O/c1-14-11-9-16-17-12(11)13(18)15-8-7-10-5-3-2-4-6-10/h2-6,9,14H,7-8H2,1H3,(H,15,18)(H,16,17). The Bertz CT molecular complexity index is 507. The highest BCUT2D eigenvalue weighted by Crippen LogP contribution is 2.09. The van der Waals surface area contributed by atoms with Crippen molar-refractivity contribution in [1.29, 1.82) is 0 Å². The van der Waals surface area contributed by atoms with Crippen LogP contribution in [0.5, 0.6) is 0 Å². The van der Waals surface area contributed by atoms with Crippen molar-refractivity contribution >= 4 is 11.6 Å². The Morgan fingerprint density at radius 1 is 1.33 bits per heavy atom. The van der Waals surface area contributed by atoms with Crippen LogP contribution >= 0.6 is 0 Å². The minimum absolute atomic E-state index is 0.170. The van der Waals surface area contributed by atoms with Gasteiger partial charge in [-0.3, -0.25) is 9.89 Å². The van der Waals surface area contributed by atoms with E-state index in [4.69, 9.17) is 0 Å². The van der Waals surface area contributed by atoms with Gasteiger partial charge in [0, 0.05) is 19.8 Å². The first-order valence-electron chi connectivity index (χ1n) is 5.85. The van der Waals surface area contributed by atoms with Crippen molar-refractivity contribution in [2.75, 3.05) is 18.9 Å². The Morgan fingerprint density at radius 2 is 2.11 bits per heavy atom. The Hall–Kier alpha value is -2.30. The van der Waals surface area contributed by atoms with Crippen molar-refractivity contribution in [2.24, 2.45) is 0 Å². The Balaban J connectivity index is 1.86. The maximum Gasteiger partial charge on any atom is 0.273 e. The molecule has 0 aliphatic rings. The summed E-state index contributed by atoms with van der Waals surface area (Å²) in [5.74, 6) is -0.170. The van der Waals surface area contributed by atoms with Crippen LogP contribution in [0.25, 0.3) is 0 Å². The van der Waals surface area contributed by atoms with E-state index < -0.39 is 0 Å². The van der Waals surface area contributed by atoms with E-state index in [1.165, 1.54) is 5.56 Å². The first-order chi connectivity index (χ1) is 8.81. The van der Waals surface area contributed by atoms with E-state index in [1.54, 1.807) is 13.2 Å². The minimum Gasteiger partial charge on any atom is -0.385 e. The predicted molar refractivity (Wildman–Crippen MR) is 70.6 cm³/mol. The molecule has 1 amide bonds. The molecule has 0 aliphatic heterocycles. The van der Waals surface area contributed by atoms with Crippen LogP contribution in [-0.4, -0.2) is 29.7 Å². The van der Waals surface area contributed by atoms with Crippen LogP contribution in [0.2, 0.25) is 0 Å². The summed E-state index contributed by atoms with van der Waals surface area (Å²) in [7, 11) is 1.76. The molecule has 0 saturated carbocycles. The van der Waals surface area contributed by atoms with Crippen LogP contribution in [-0.2, 0) is 6.42 Å². The van der Waals surface area contributed by atoms with E-state index in [2.05, 4.69) is 20.8 Å². The van der Waals surface area contributed by atoms with Gasteiger partial charge >= 0.3 is 0 Å². The van der Waals surface area contributed by atoms with Gasteiger partial charge in [0.1, 0.15) is 0 Å². The van der Waals surface area contributed by atoms with Gasteiger partial charge in [-0.05, 0) is 12.0 Å². The molecule has 0 saturated heterocycles. The number of benzene rings is 1. The lowest BCUT2D eigenvalue weighted by Crippen LogP contribution is -2.26. The van der Waals surface area contributed by atoms with E-state index in [0.717, 1.165) is 6.42 Å². The molecule has 2 aromatic rings. The topological polar surface area (TPSA) is 69.8 Å². The van der Waals surface area contributed by atoms with Gasteiger partial charge in [0.15, 0.2) is 5.69 Å². The zero-order chi connectivity index (χ0) is 12.8. The Labute approximate surface area is 106 Å². The van der Waals surface area contributed by atoms with Gasteiger partial charge in [-0.25, -0.2) is 0 Å². The minimum atomic E-state index is -0.170. The first-order valence-corrected chi connectivity index (χ1v) is 5.85. The number of nitrogens with zero attached hydrogens (tertiary/aromatic N) is 1. The summed E-state index contributed by atoms with van der Waals surface area (Å²) >= 11 is 0. The maximum absolute atomic E-state index is 11.8. The fraction of sp³-hybridized carbons (Fsp3) is 0.231. The van der Waals surface area contributed by atoms with Crippen molar-refractivity contribution in [1.82, 2.24) is 15.5 Å². The number of anilines is 1. The first kappa shape index (κ1) is 12.2. The van der Waals surface area contributed by atoms with Crippen LogP contribution < -0.4 is 10.6 Å². The molecule has 0 atom stereocenters. The number of aromatic amines is 1. The summed E-state index contributed by atoms with van der Waals surface area (Å²) in [6.45, 7) is 0.596. The average molecular weight is 244 g/mol. The third-order valence-corrected chi connectivity index (χ3v) is 2.67. The molecule has 0 aliphatic carbocycles. The monoisotopic (exact) mass is 244 g/mol. The number of hydrogen-bond donors (Lipinski definition) is 3. The second kappa shape index (κ2) is 5.86. The van der Waals surface area contributed by atoms with Crippen LogP contribution in [0.1, 0.15) is 16.1 Å². The van der Waals surface area contributed by atoms with Gasteiger partial charge < -0.3 is 10.6 Å². The fourth-order valence-electron chi connectivity index (χ4n) is 1.70. The lowest BCUT2D eigenvalue weighted by Gasteiger charge is -2.05. The fourth-order valence-corrected chi connectivity index (χ4v) is 1.70. The maximum atomic E-state index is 11.8. The second-order valence-electron chi connectivity index (χ2n) is 3.89. The summed E-state index contributed by atoms with van der Waals surface area (Å²) in [6.07, 6.45) is 2.47. The van der Waals surface area contributed by atoms with Gasteiger partial charge in [-0.1, -0.05) is 30.3 Å². The highest BCUT2D eigenvalue weighted by molar-refractivity contribution is 5.97. The summed E-state index contributed by atoms with van der Waals surface area (Å²) in [6, 6.07) is 10.0. The second-order valence-corrected chi connectivity index (χ2v) is 3.89. The molecular weight excluding hydrogens is 228 g/mol. The van der Waals surface area contributed by atoms with Crippen LogP contribution in [0.15, 0.2) is 36.5 Å². The third-order valence-electron chi connectivity index (χ3n) is 2.67. The molecule has 94 valence electrons. The van der Waals surface area contributed by atoms with Gasteiger partial charge in [-0.2, -0.15) is 5.10 Å². The molecule has 1 aromatic heterocycles. The highest BCUT2D eigenvalue weighted by atomic mass is 16.1. The van der Waals surface area contributed by atoms with Crippen molar-refractivity contribution in [3.8, 4) is 0 Å². The number of carbonyl (C=O) groups is 1. The van der Waals surface area contributed by atoms with Crippen molar-refractivity contribution < 1.29 is 4.79 Å². The molecule has 3 N–H and O–H groups in total. The van der Waals surface area contributed by atoms with Crippen LogP contribution in [0, 0.1) is 0 Å². The number of rotatable bonds is 5. The summed E-state index contributed by atoms with van der Waals surface area (Å²) in [4.78, 5) is 11.8. The van der Waals surface area contributed by atoms with Gasteiger partial charge in [0.2, 0.25) is 0 Å². The smallest absolute Gasteiger partial charge is 0.273 e. The largest absolute Gasteiger partial charge is 0.385 e. The number of carbonyl (C=O) groups excluding carboxylic acids is 1. The number of amides is 1. The summed E-state index contributed by atoms with van der Waals surface area (Å²) in [5, 5.41) is 12.3. The van der Waals surface area contributed by atoms with Crippen molar-refractivity contribution in [2.45, 2.75) is 6.42 Å². The molecule has 18 heavy (non-hydrogen) atoms. The molecular formula is C13H16N4O. The van der Waals surface area contributed by atoms with E-state index in [9.17, 15) is 4.79 Å².